The molecule has 21 heavy (non-hydrogen) atoms. The van der Waals surface area contributed by atoms with E-state index in [1.165, 1.54) is 6.08 Å². The first-order valence-electron chi connectivity index (χ1n) is 7.18. The van der Waals surface area contributed by atoms with Gasteiger partial charge in [-0.1, -0.05) is 6.92 Å². The number of aliphatic hydroxyl groups excluding tert-OH is 1. The van der Waals surface area contributed by atoms with Gasteiger partial charge in [-0.25, -0.2) is 0 Å². The molecule has 2 N–H and O–H groups in total. The first-order chi connectivity index (χ1) is 9.81. The highest BCUT2D eigenvalue weighted by Gasteiger charge is 2.38. The van der Waals surface area contributed by atoms with E-state index in [1.807, 2.05) is 6.92 Å². The van der Waals surface area contributed by atoms with Crippen molar-refractivity contribution in [3.63, 3.8) is 0 Å². The molecule has 2 saturated heterocycles. The van der Waals surface area contributed by atoms with Crippen LogP contribution in [-0.4, -0.2) is 34.9 Å². The summed E-state index contributed by atoms with van der Waals surface area (Å²) in [6.45, 7) is 3.65. The lowest BCUT2D eigenvalue weighted by Gasteiger charge is -2.21. The molecule has 0 saturated carbocycles. The smallest absolute Gasteiger partial charge is 0.226 e. The molecule has 0 aromatic heterocycles. The summed E-state index contributed by atoms with van der Waals surface area (Å²) in [5, 5.41) is 11.5. The number of amides is 2. The second-order valence-corrected chi connectivity index (χ2v) is 6.28. The molecule has 2 aliphatic heterocycles. The van der Waals surface area contributed by atoms with Crippen LogP contribution in [0.4, 0.5) is 0 Å². The highest BCUT2D eigenvalue weighted by Crippen LogP contribution is 2.37. The van der Waals surface area contributed by atoms with Crippen LogP contribution in [0, 0.1) is 11.8 Å². The number of ether oxygens (including phenoxy) is 1. The van der Waals surface area contributed by atoms with Crippen molar-refractivity contribution < 1.29 is 24.2 Å². The Labute approximate surface area is 123 Å². The molecule has 0 aliphatic carbocycles. The second-order valence-electron chi connectivity index (χ2n) is 6.28. The summed E-state index contributed by atoms with van der Waals surface area (Å²) >= 11 is 0. The Hall–Kier alpha value is -1.69. The lowest BCUT2D eigenvalue weighted by Crippen LogP contribution is -2.39. The van der Waals surface area contributed by atoms with Crippen molar-refractivity contribution in [1.29, 1.82) is 0 Å². The van der Waals surface area contributed by atoms with Crippen LogP contribution < -0.4 is 5.32 Å². The topological polar surface area (TPSA) is 92.7 Å². The number of aliphatic hydroxyl groups is 1. The molecule has 0 unspecified atom stereocenters. The molecule has 2 amide bonds. The van der Waals surface area contributed by atoms with Crippen molar-refractivity contribution in [1.82, 2.24) is 5.32 Å². The lowest BCUT2D eigenvalue weighted by atomic mass is 9.91. The van der Waals surface area contributed by atoms with Crippen LogP contribution in [-0.2, 0) is 19.1 Å². The number of piperidine rings is 1. The number of hydrogen-bond donors (Lipinski definition) is 2. The van der Waals surface area contributed by atoms with Gasteiger partial charge in [0.05, 0.1) is 6.61 Å². The molecule has 116 valence electrons. The maximum atomic E-state index is 12.1. The molecule has 2 aliphatic rings. The first-order valence-corrected chi connectivity index (χ1v) is 7.18. The van der Waals surface area contributed by atoms with Gasteiger partial charge in [0.15, 0.2) is 5.78 Å². The van der Waals surface area contributed by atoms with Gasteiger partial charge in [0.2, 0.25) is 11.8 Å². The van der Waals surface area contributed by atoms with Gasteiger partial charge >= 0.3 is 0 Å². The Morgan fingerprint density at radius 1 is 1.43 bits per heavy atom. The number of ketones is 1. The van der Waals surface area contributed by atoms with E-state index in [-0.39, 0.29) is 55.3 Å². The Bertz CT molecular complexity index is 482. The summed E-state index contributed by atoms with van der Waals surface area (Å²) in [4.78, 5) is 34.6. The Morgan fingerprint density at radius 3 is 2.57 bits per heavy atom. The highest BCUT2D eigenvalue weighted by molar-refractivity contribution is 5.99. The molecular weight excluding hydrogens is 274 g/mol. The number of carbonyl (C=O) groups excluding carboxylic acids is 3. The standard InChI is InChI=1S/C15H21NO5/c1-9-7-15(2,8-17)21-12(9)6-11(18)3-10-4-13(19)16-14(20)5-10/h6,9-10,17H,3-5,7-8H2,1-2H3,(H,16,19,20)/t9-,15-/m1/s1. The largest absolute Gasteiger partial charge is 0.489 e. The summed E-state index contributed by atoms with van der Waals surface area (Å²) in [5.41, 5.74) is -0.633. The zero-order chi connectivity index (χ0) is 15.6. The van der Waals surface area contributed by atoms with Gasteiger partial charge in [0, 0.05) is 31.3 Å². The molecule has 2 rings (SSSR count). The van der Waals surface area contributed by atoms with E-state index < -0.39 is 5.60 Å². The van der Waals surface area contributed by atoms with Gasteiger partial charge < -0.3 is 9.84 Å². The monoisotopic (exact) mass is 295 g/mol. The fourth-order valence-electron chi connectivity index (χ4n) is 2.94. The molecule has 0 aromatic carbocycles. The van der Waals surface area contributed by atoms with Crippen LogP contribution in [0.15, 0.2) is 11.8 Å². The van der Waals surface area contributed by atoms with Crippen LogP contribution >= 0.6 is 0 Å². The van der Waals surface area contributed by atoms with Crippen molar-refractivity contribution in [2.75, 3.05) is 6.61 Å². The van der Waals surface area contributed by atoms with Gasteiger partial charge in [-0.3, -0.25) is 19.7 Å². The first kappa shape index (κ1) is 15.7. The average Bonchev–Trinajstić information content (AvgIpc) is 2.63. The van der Waals surface area contributed by atoms with E-state index in [1.54, 1.807) is 6.92 Å². The van der Waals surface area contributed by atoms with Crippen LogP contribution in [0.5, 0.6) is 0 Å². The van der Waals surface area contributed by atoms with Gasteiger partial charge in [-0.2, -0.15) is 0 Å². The van der Waals surface area contributed by atoms with Crippen molar-refractivity contribution in [3.8, 4) is 0 Å². The van der Waals surface area contributed by atoms with Gasteiger partial charge in [-0.15, -0.1) is 0 Å². The van der Waals surface area contributed by atoms with E-state index in [4.69, 9.17) is 4.74 Å². The molecule has 0 bridgehead atoms. The van der Waals surface area contributed by atoms with Crippen LogP contribution in [0.1, 0.15) is 39.5 Å². The molecule has 0 radical (unpaired) electrons. The van der Waals surface area contributed by atoms with Crippen LogP contribution in [0.3, 0.4) is 0 Å². The zero-order valence-corrected chi connectivity index (χ0v) is 12.3. The number of hydrogen-bond acceptors (Lipinski definition) is 5. The van der Waals surface area contributed by atoms with E-state index in [0.29, 0.717) is 12.2 Å². The van der Waals surface area contributed by atoms with Gasteiger partial charge in [0.1, 0.15) is 11.4 Å². The van der Waals surface area contributed by atoms with E-state index in [9.17, 15) is 19.5 Å². The number of rotatable bonds is 4. The molecule has 6 heteroatoms. The number of imide groups is 1. The fourth-order valence-corrected chi connectivity index (χ4v) is 2.94. The SMILES string of the molecule is C[C@@H]1C[C@](C)(CO)OC1=CC(=O)CC1CC(=O)NC(=O)C1. The third-order valence-corrected chi connectivity index (χ3v) is 3.94. The molecule has 2 heterocycles. The number of carbonyl (C=O) groups is 3. The van der Waals surface area contributed by atoms with Gasteiger partial charge in [0.25, 0.3) is 0 Å². The summed E-state index contributed by atoms with van der Waals surface area (Å²) in [6.07, 6.45) is 2.67. The Balaban J connectivity index is 1.96. The third kappa shape index (κ3) is 3.91. The highest BCUT2D eigenvalue weighted by atomic mass is 16.5. The maximum Gasteiger partial charge on any atom is 0.226 e. The molecule has 0 spiro atoms. The molecule has 2 fully saturated rings. The number of allylic oxidation sites excluding steroid dienone is 2. The van der Waals surface area contributed by atoms with E-state index in [0.717, 1.165) is 0 Å². The summed E-state index contributed by atoms with van der Waals surface area (Å²) < 4.78 is 5.66. The minimum atomic E-state index is -0.633. The summed E-state index contributed by atoms with van der Waals surface area (Å²) in [6, 6.07) is 0. The number of nitrogens with one attached hydrogen (secondary N) is 1. The zero-order valence-electron chi connectivity index (χ0n) is 12.3. The Morgan fingerprint density at radius 2 is 2.05 bits per heavy atom. The third-order valence-electron chi connectivity index (χ3n) is 3.94. The predicted octanol–water partition coefficient (Wildman–Crippen LogP) is 0.690. The lowest BCUT2D eigenvalue weighted by molar-refractivity contribution is -0.135. The Kier molecular flexibility index (Phi) is 4.46. The van der Waals surface area contributed by atoms with E-state index >= 15 is 0 Å². The molecule has 6 nitrogen and oxygen atoms in total. The van der Waals surface area contributed by atoms with Crippen LogP contribution in [0.2, 0.25) is 0 Å². The van der Waals surface area contributed by atoms with Gasteiger partial charge in [-0.05, 0) is 19.3 Å². The minimum Gasteiger partial charge on any atom is -0.489 e. The van der Waals surface area contributed by atoms with Crippen molar-refractivity contribution in [2.45, 2.75) is 45.1 Å². The molecular formula is C15H21NO5. The summed E-state index contributed by atoms with van der Waals surface area (Å²) in [5.74, 6) is -0.390. The normalized spacial score (nSPS) is 32.1. The average molecular weight is 295 g/mol. The quantitative estimate of drug-likeness (QED) is 0.588. The van der Waals surface area contributed by atoms with Crippen LogP contribution in [0.25, 0.3) is 0 Å². The molecule has 0 aromatic rings. The van der Waals surface area contributed by atoms with Crippen molar-refractivity contribution >= 4 is 17.6 Å². The maximum absolute atomic E-state index is 12.1. The second kappa shape index (κ2) is 5.97. The van der Waals surface area contributed by atoms with E-state index in [2.05, 4.69) is 5.32 Å². The van der Waals surface area contributed by atoms with Crippen molar-refractivity contribution in [3.05, 3.63) is 11.8 Å². The minimum absolute atomic E-state index is 0.0717. The fraction of sp³-hybridized carbons (Fsp3) is 0.667. The summed E-state index contributed by atoms with van der Waals surface area (Å²) in [7, 11) is 0. The predicted molar refractivity (Wildman–Crippen MR) is 73.9 cm³/mol. The molecule has 2 atom stereocenters. The van der Waals surface area contributed by atoms with Crippen molar-refractivity contribution in [2.24, 2.45) is 11.8 Å².